The lowest BCUT2D eigenvalue weighted by Crippen LogP contribution is -2.09. The van der Waals surface area contributed by atoms with Crippen molar-refractivity contribution >= 4 is 0 Å². The Morgan fingerprint density at radius 3 is 2.16 bits per heavy atom. The Labute approximate surface area is 120 Å². The Hall–Kier alpha value is -1.30. The lowest BCUT2D eigenvalue weighted by molar-refractivity contribution is 0.372. The highest BCUT2D eigenvalue weighted by Gasteiger charge is 2.15. The summed E-state index contributed by atoms with van der Waals surface area (Å²) in [6.45, 7) is 23.2. The van der Waals surface area contributed by atoms with Gasteiger partial charge in [0.2, 0.25) is 0 Å². The Morgan fingerprint density at radius 1 is 1.21 bits per heavy atom. The lowest BCUT2D eigenvalue weighted by Gasteiger charge is -2.22. The fourth-order valence-corrected chi connectivity index (χ4v) is 2.22. The molecule has 1 atom stereocenters. The first-order valence-electron chi connectivity index (χ1n) is 7.22. The number of hydrogen-bond acceptors (Lipinski definition) is 0. The smallest absolute Gasteiger partial charge is 0.0162 e. The first-order valence-corrected chi connectivity index (χ1v) is 7.22. The molecule has 0 aromatic carbocycles. The van der Waals surface area contributed by atoms with Gasteiger partial charge in [-0.15, -0.1) is 0 Å². The van der Waals surface area contributed by atoms with Gasteiger partial charge in [-0.05, 0) is 54.4 Å². The van der Waals surface area contributed by atoms with Crippen molar-refractivity contribution in [3.63, 3.8) is 0 Å². The normalized spacial score (nSPS) is 14.4. The van der Waals surface area contributed by atoms with E-state index in [1.54, 1.807) is 0 Å². The molecule has 106 valence electrons. The average Bonchev–Trinajstić information content (AvgIpc) is 2.39. The van der Waals surface area contributed by atoms with Gasteiger partial charge in [0.05, 0.1) is 0 Å². The molecule has 0 heterocycles. The molecule has 0 aromatic rings. The van der Waals surface area contributed by atoms with Gasteiger partial charge in [-0.2, -0.15) is 0 Å². The van der Waals surface area contributed by atoms with Crippen molar-refractivity contribution in [2.45, 2.75) is 47.5 Å². The van der Waals surface area contributed by atoms with E-state index < -0.39 is 0 Å². The van der Waals surface area contributed by atoms with E-state index >= 15 is 0 Å². The van der Waals surface area contributed by atoms with Crippen LogP contribution < -0.4 is 0 Å². The fraction of sp³-hybridized carbons (Fsp3) is 0.474. The van der Waals surface area contributed by atoms with Gasteiger partial charge >= 0.3 is 0 Å². The Balaban J connectivity index is 5.03. The topological polar surface area (TPSA) is 0 Å². The highest BCUT2D eigenvalue weighted by Crippen LogP contribution is 2.30. The second kappa shape index (κ2) is 8.74. The van der Waals surface area contributed by atoms with Crippen LogP contribution in [0.4, 0.5) is 0 Å². The van der Waals surface area contributed by atoms with E-state index in [0.29, 0.717) is 11.8 Å². The van der Waals surface area contributed by atoms with E-state index in [4.69, 9.17) is 0 Å². The summed E-state index contributed by atoms with van der Waals surface area (Å²) in [6, 6.07) is 0. The second-order valence-electron chi connectivity index (χ2n) is 5.49. The van der Waals surface area contributed by atoms with Crippen LogP contribution in [0, 0.1) is 11.8 Å². The summed E-state index contributed by atoms with van der Waals surface area (Å²) in [6.07, 6.45) is 8.17. The third-order valence-electron chi connectivity index (χ3n) is 3.87. The van der Waals surface area contributed by atoms with E-state index in [2.05, 4.69) is 53.5 Å². The summed E-state index contributed by atoms with van der Waals surface area (Å²) in [5, 5.41) is 0. The lowest BCUT2D eigenvalue weighted by atomic mass is 9.83. The SMILES string of the molecule is C=C/C=C(C(=C)C(=C)CC(CC)C(C)C)\C(C)=C/C. The molecule has 0 fully saturated rings. The first-order chi connectivity index (χ1) is 8.88. The number of hydrogen-bond donors (Lipinski definition) is 0. The molecule has 0 aliphatic rings. The molecule has 0 saturated heterocycles. The van der Waals surface area contributed by atoms with Gasteiger partial charge in [0.15, 0.2) is 0 Å². The van der Waals surface area contributed by atoms with Crippen LogP contribution in [0.25, 0.3) is 0 Å². The van der Waals surface area contributed by atoms with Gasteiger partial charge in [-0.25, -0.2) is 0 Å². The molecule has 0 bridgehead atoms. The van der Waals surface area contributed by atoms with Gasteiger partial charge in [-0.1, -0.05) is 65.2 Å². The summed E-state index contributed by atoms with van der Waals surface area (Å²) in [5.41, 5.74) is 4.58. The quantitative estimate of drug-likeness (QED) is 0.451. The van der Waals surface area contributed by atoms with Gasteiger partial charge in [-0.3, -0.25) is 0 Å². The van der Waals surface area contributed by atoms with E-state index in [1.807, 2.05) is 19.1 Å². The van der Waals surface area contributed by atoms with Crippen molar-refractivity contribution in [2.24, 2.45) is 11.8 Å². The first kappa shape index (κ1) is 17.7. The van der Waals surface area contributed by atoms with Crippen LogP contribution in [-0.2, 0) is 0 Å². The van der Waals surface area contributed by atoms with E-state index in [0.717, 1.165) is 23.1 Å². The molecule has 1 unspecified atom stereocenters. The molecule has 0 nitrogen and oxygen atoms in total. The third kappa shape index (κ3) is 5.46. The zero-order valence-corrected chi connectivity index (χ0v) is 13.4. The predicted octanol–water partition coefficient (Wildman–Crippen LogP) is 6.25. The maximum absolute atomic E-state index is 4.24. The molecule has 0 saturated carbocycles. The zero-order valence-electron chi connectivity index (χ0n) is 13.4. The highest BCUT2D eigenvalue weighted by atomic mass is 14.2. The van der Waals surface area contributed by atoms with Gasteiger partial charge in [0, 0.05) is 0 Å². The van der Waals surface area contributed by atoms with Gasteiger partial charge in [0.1, 0.15) is 0 Å². The van der Waals surface area contributed by atoms with Crippen LogP contribution in [0.15, 0.2) is 60.3 Å². The number of allylic oxidation sites excluding steroid dienone is 7. The van der Waals surface area contributed by atoms with Gasteiger partial charge < -0.3 is 0 Å². The van der Waals surface area contributed by atoms with Crippen LogP contribution in [0.1, 0.15) is 47.5 Å². The summed E-state index contributed by atoms with van der Waals surface area (Å²) in [4.78, 5) is 0. The van der Waals surface area contributed by atoms with Crippen molar-refractivity contribution in [3.8, 4) is 0 Å². The second-order valence-corrected chi connectivity index (χ2v) is 5.49. The molecule has 0 amide bonds. The van der Waals surface area contributed by atoms with Crippen molar-refractivity contribution in [1.29, 1.82) is 0 Å². The van der Waals surface area contributed by atoms with E-state index in [1.165, 1.54) is 12.0 Å². The van der Waals surface area contributed by atoms with Crippen molar-refractivity contribution < 1.29 is 0 Å². The minimum absolute atomic E-state index is 0.681. The molecule has 0 spiro atoms. The Morgan fingerprint density at radius 2 is 1.79 bits per heavy atom. The predicted molar refractivity (Wildman–Crippen MR) is 89.2 cm³/mol. The standard InChI is InChI=1S/C19H30/c1-9-12-19(15(6)10-2)17(8)16(7)13-18(11-3)14(4)5/h9-10,12,14,18H,1,7-8,11,13H2,2-6H3/b15-10-,19-12+. The molecule has 0 N–H and O–H groups in total. The van der Waals surface area contributed by atoms with Crippen molar-refractivity contribution in [3.05, 3.63) is 60.3 Å². The maximum Gasteiger partial charge on any atom is -0.0162 e. The Kier molecular flexibility index (Phi) is 8.14. The molecule has 0 aliphatic heterocycles. The molecule has 19 heavy (non-hydrogen) atoms. The molecule has 0 radical (unpaired) electrons. The molecule has 0 aliphatic carbocycles. The molecule has 0 aromatic heterocycles. The van der Waals surface area contributed by atoms with Crippen LogP contribution in [0.5, 0.6) is 0 Å². The number of rotatable bonds is 8. The van der Waals surface area contributed by atoms with E-state index in [-0.39, 0.29) is 0 Å². The van der Waals surface area contributed by atoms with Crippen molar-refractivity contribution in [2.75, 3.05) is 0 Å². The zero-order chi connectivity index (χ0) is 15.0. The van der Waals surface area contributed by atoms with Crippen LogP contribution in [0.2, 0.25) is 0 Å². The largest absolute Gasteiger partial charge is 0.0990 e. The molecule has 0 heteroatoms. The minimum atomic E-state index is 0.681. The average molecular weight is 258 g/mol. The third-order valence-corrected chi connectivity index (χ3v) is 3.87. The molecular formula is C19H30. The summed E-state index contributed by atoms with van der Waals surface area (Å²) in [7, 11) is 0. The fourth-order valence-electron chi connectivity index (χ4n) is 2.22. The van der Waals surface area contributed by atoms with Crippen LogP contribution in [-0.4, -0.2) is 0 Å². The monoisotopic (exact) mass is 258 g/mol. The summed E-state index contributed by atoms with van der Waals surface area (Å²) >= 11 is 0. The maximum atomic E-state index is 4.24. The van der Waals surface area contributed by atoms with Crippen molar-refractivity contribution in [1.82, 2.24) is 0 Å². The Bertz CT molecular complexity index is 388. The van der Waals surface area contributed by atoms with Crippen LogP contribution >= 0.6 is 0 Å². The van der Waals surface area contributed by atoms with Gasteiger partial charge in [0.25, 0.3) is 0 Å². The summed E-state index contributed by atoms with van der Waals surface area (Å²) < 4.78 is 0. The summed E-state index contributed by atoms with van der Waals surface area (Å²) in [5.74, 6) is 1.37. The molecule has 0 rings (SSSR count). The van der Waals surface area contributed by atoms with E-state index in [9.17, 15) is 0 Å². The molecular weight excluding hydrogens is 228 g/mol. The van der Waals surface area contributed by atoms with Crippen LogP contribution in [0.3, 0.4) is 0 Å². The highest BCUT2D eigenvalue weighted by molar-refractivity contribution is 5.54. The minimum Gasteiger partial charge on any atom is -0.0990 e.